The molecule has 1 aromatic carbocycles. The highest BCUT2D eigenvalue weighted by molar-refractivity contribution is 9.10. The van der Waals surface area contributed by atoms with Gasteiger partial charge in [0, 0.05) is 26.3 Å². The lowest BCUT2D eigenvalue weighted by Gasteiger charge is -2.33. The van der Waals surface area contributed by atoms with Crippen molar-refractivity contribution < 1.29 is 0 Å². The Kier molecular flexibility index (Phi) is 2.32. The van der Waals surface area contributed by atoms with Crippen LogP contribution in [0, 0.1) is 0 Å². The number of hydrogen-bond donors (Lipinski definition) is 1. The number of nitrogens with one attached hydrogen (secondary N) is 1. The molecular weight excluding hydrogens is 246 g/mol. The van der Waals surface area contributed by atoms with Gasteiger partial charge in [0.1, 0.15) is 0 Å². The zero-order chi connectivity index (χ0) is 9.47. The molecule has 0 aromatic heterocycles. The maximum Gasteiger partial charge on any atom is 0.0494 e. The number of thioether (sulfide) groups is 1. The van der Waals surface area contributed by atoms with E-state index >= 15 is 0 Å². The number of fused-ring (bicyclic) bond motifs is 1. The van der Waals surface area contributed by atoms with Crippen molar-refractivity contribution in [1.82, 2.24) is 0 Å². The molecule has 2 rings (SSSR count). The molecule has 0 fully saturated rings. The second kappa shape index (κ2) is 3.21. The van der Waals surface area contributed by atoms with E-state index in [1.807, 2.05) is 11.8 Å². The lowest BCUT2D eigenvalue weighted by atomic mass is 10.1. The molecule has 0 saturated carbocycles. The summed E-state index contributed by atoms with van der Waals surface area (Å²) in [6.07, 6.45) is 0. The smallest absolute Gasteiger partial charge is 0.0494 e. The number of halogens is 1. The van der Waals surface area contributed by atoms with Crippen LogP contribution in [0.25, 0.3) is 0 Å². The molecule has 0 radical (unpaired) electrons. The summed E-state index contributed by atoms with van der Waals surface area (Å²) in [6.45, 7) is 4.45. The highest BCUT2D eigenvalue weighted by Crippen LogP contribution is 2.38. The Bertz CT molecular complexity index is 336. The van der Waals surface area contributed by atoms with Crippen molar-refractivity contribution in [3.63, 3.8) is 0 Å². The average Bonchev–Trinajstić information content (AvgIpc) is 2.01. The molecule has 1 aliphatic heterocycles. The molecule has 0 unspecified atom stereocenters. The molecule has 1 nitrogen and oxygen atoms in total. The molecule has 1 aromatic rings. The van der Waals surface area contributed by atoms with Gasteiger partial charge in [-0.3, -0.25) is 0 Å². The lowest BCUT2D eigenvalue weighted by molar-refractivity contribution is 0.637. The Morgan fingerprint density at radius 1 is 1.46 bits per heavy atom. The molecule has 1 heterocycles. The third kappa shape index (κ3) is 2.02. The molecule has 0 amide bonds. The Morgan fingerprint density at radius 2 is 2.23 bits per heavy atom. The number of anilines is 1. The quantitative estimate of drug-likeness (QED) is 0.760. The fraction of sp³-hybridized carbons (Fsp3) is 0.400. The van der Waals surface area contributed by atoms with E-state index in [-0.39, 0.29) is 5.54 Å². The summed E-state index contributed by atoms with van der Waals surface area (Å²) in [5.74, 6) is 1.13. The average molecular weight is 258 g/mol. The maximum absolute atomic E-state index is 3.53. The van der Waals surface area contributed by atoms with E-state index in [4.69, 9.17) is 0 Å². The first-order chi connectivity index (χ1) is 6.07. The van der Waals surface area contributed by atoms with E-state index in [0.717, 1.165) is 10.2 Å². The van der Waals surface area contributed by atoms with Crippen LogP contribution in [0.4, 0.5) is 5.69 Å². The topological polar surface area (TPSA) is 12.0 Å². The fourth-order valence-electron chi connectivity index (χ4n) is 1.38. The van der Waals surface area contributed by atoms with Gasteiger partial charge < -0.3 is 5.32 Å². The van der Waals surface area contributed by atoms with Crippen LogP contribution in [0.15, 0.2) is 27.6 Å². The number of hydrogen-bond acceptors (Lipinski definition) is 2. The van der Waals surface area contributed by atoms with Crippen LogP contribution in [-0.2, 0) is 0 Å². The molecule has 0 atom stereocenters. The van der Waals surface area contributed by atoms with E-state index in [1.165, 1.54) is 10.6 Å². The zero-order valence-electron chi connectivity index (χ0n) is 7.73. The molecule has 1 N–H and O–H groups in total. The zero-order valence-corrected chi connectivity index (χ0v) is 10.1. The van der Waals surface area contributed by atoms with Gasteiger partial charge >= 0.3 is 0 Å². The minimum atomic E-state index is 0.207. The predicted molar refractivity (Wildman–Crippen MR) is 62.6 cm³/mol. The first-order valence-electron chi connectivity index (χ1n) is 4.27. The van der Waals surface area contributed by atoms with E-state index in [1.54, 1.807) is 0 Å². The van der Waals surface area contributed by atoms with Gasteiger partial charge in [0.2, 0.25) is 0 Å². The van der Waals surface area contributed by atoms with Gasteiger partial charge in [0.05, 0.1) is 0 Å². The monoisotopic (exact) mass is 257 g/mol. The number of rotatable bonds is 0. The molecular formula is C10H12BrNS. The normalized spacial score (nSPS) is 19.0. The molecule has 0 spiro atoms. The fourth-order valence-corrected chi connectivity index (χ4v) is 2.76. The van der Waals surface area contributed by atoms with Crippen LogP contribution in [0.1, 0.15) is 13.8 Å². The second-order valence-electron chi connectivity index (χ2n) is 3.94. The van der Waals surface area contributed by atoms with Crippen molar-refractivity contribution in [3.8, 4) is 0 Å². The standard InChI is InChI=1S/C10H12BrNS/c1-10(2)6-13-9-4-3-7(11)5-8(9)12-10/h3-5,12H,6H2,1-2H3. The van der Waals surface area contributed by atoms with Crippen LogP contribution in [0.3, 0.4) is 0 Å². The molecule has 13 heavy (non-hydrogen) atoms. The maximum atomic E-state index is 3.53. The van der Waals surface area contributed by atoms with Gasteiger partial charge in [-0.25, -0.2) is 0 Å². The minimum Gasteiger partial charge on any atom is -0.378 e. The highest BCUT2D eigenvalue weighted by atomic mass is 79.9. The van der Waals surface area contributed by atoms with E-state index < -0.39 is 0 Å². The van der Waals surface area contributed by atoms with Gasteiger partial charge in [-0.15, -0.1) is 11.8 Å². The predicted octanol–water partition coefficient (Wildman–Crippen LogP) is 3.75. The Balaban J connectivity index is 2.38. The minimum absolute atomic E-state index is 0.207. The summed E-state index contributed by atoms with van der Waals surface area (Å²) in [5, 5.41) is 3.53. The van der Waals surface area contributed by atoms with Crippen molar-refractivity contribution in [1.29, 1.82) is 0 Å². The van der Waals surface area contributed by atoms with Gasteiger partial charge in [-0.1, -0.05) is 15.9 Å². The summed E-state index contributed by atoms with van der Waals surface area (Å²) >= 11 is 5.40. The van der Waals surface area contributed by atoms with Crippen LogP contribution in [0.5, 0.6) is 0 Å². The first kappa shape index (κ1) is 9.41. The Labute approximate surface area is 91.4 Å². The van der Waals surface area contributed by atoms with Gasteiger partial charge in [0.15, 0.2) is 0 Å². The SMILES string of the molecule is CC1(C)CSc2ccc(Br)cc2N1. The molecule has 0 bridgehead atoms. The van der Waals surface area contributed by atoms with E-state index in [9.17, 15) is 0 Å². The Hall–Kier alpha value is -0.150. The number of benzene rings is 1. The molecule has 70 valence electrons. The van der Waals surface area contributed by atoms with Crippen molar-refractivity contribution in [2.45, 2.75) is 24.3 Å². The van der Waals surface area contributed by atoms with Crippen molar-refractivity contribution >= 4 is 33.4 Å². The van der Waals surface area contributed by atoms with Crippen molar-refractivity contribution in [3.05, 3.63) is 22.7 Å². The van der Waals surface area contributed by atoms with Crippen molar-refractivity contribution in [2.24, 2.45) is 0 Å². The summed E-state index contributed by atoms with van der Waals surface area (Å²) in [7, 11) is 0. The van der Waals surface area contributed by atoms with Crippen LogP contribution in [0.2, 0.25) is 0 Å². The van der Waals surface area contributed by atoms with Crippen molar-refractivity contribution in [2.75, 3.05) is 11.1 Å². The largest absolute Gasteiger partial charge is 0.378 e. The van der Waals surface area contributed by atoms with Crippen LogP contribution >= 0.6 is 27.7 Å². The second-order valence-corrected chi connectivity index (χ2v) is 5.87. The molecule has 0 saturated heterocycles. The molecule has 3 heteroatoms. The van der Waals surface area contributed by atoms with Crippen LogP contribution < -0.4 is 5.32 Å². The van der Waals surface area contributed by atoms with E-state index in [2.05, 4.69) is 53.3 Å². The summed E-state index contributed by atoms with van der Waals surface area (Å²) in [5.41, 5.74) is 1.45. The first-order valence-corrected chi connectivity index (χ1v) is 6.05. The lowest BCUT2D eigenvalue weighted by Crippen LogP contribution is -2.36. The highest BCUT2D eigenvalue weighted by Gasteiger charge is 2.24. The third-order valence-electron chi connectivity index (χ3n) is 2.00. The van der Waals surface area contributed by atoms with Gasteiger partial charge in [0.25, 0.3) is 0 Å². The summed E-state index contributed by atoms with van der Waals surface area (Å²) < 4.78 is 1.14. The summed E-state index contributed by atoms with van der Waals surface area (Å²) in [4.78, 5) is 1.35. The summed E-state index contributed by atoms with van der Waals surface area (Å²) in [6, 6.07) is 6.39. The third-order valence-corrected chi connectivity index (χ3v) is 4.03. The molecule has 1 aliphatic rings. The van der Waals surface area contributed by atoms with Gasteiger partial charge in [-0.2, -0.15) is 0 Å². The molecule has 0 aliphatic carbocycles. The van der Waals surface area contributed by atoms with Crippen LogP contribution in [-0.4, -0.2) is 11.3 Å². The van der Waals surface area contributed by atoms with Gasteiger partial charge in [-0.05, 0) is 32.0 Å². The van der Waals surface area contributed by atoms with E-state index in [0.29, 0.717) is 0 Å². The Morgan fingerprint density at radius 3 is 3.00 bits per heavy atom.